The average molecular weight is 428 g/mol. The fourth-order valence-corrected chi connectivity index (χ4v) is 4.85. The largest absolute Gasteiger partial charge is 0.395 e. The van der Waals surface area contributed by atoms with Crippen molar-refractivity contribution in [3.63, 3.8) is 0 Å². The lowest BCUT2D eigenvalue weighted by molar-refractivity contribution is -0.146. The summed E-state index contributed by atoms with van der Waals surface area (Å²) in [6.45, 7) is 3.78. The molecule has 1 saturated heterocycles. The van der Waals surface area contributed by atoms with Crippen molar-refractivity contribution in [1.29, 1.82) is 0 Å². The van der Waals surface area contributed by atoms with Gasteiger partial charge in [0, 0.05) is 11.1 Å². The summed E-state index contributed by atoms with van der Waals surface area (Å²) in [4.78, 5) is 47.4. The predicted molar refractivity (Wildman–Crippen MR) is 106 cm³/mol. The summed E-state index contributed by atoms with van der Waals surface area (Å²) in [5, 5.41) is 7.50. The number of carbonyl (C=O) groups is 3. The minimum absolute atomic E-state index is 0.0610. The minimum atomic E-state index is -0.777. The second-order valence-electron chi connectivity index (χ2n) is 5.72. The van der Waals surface area contributed by atoms with Crippen LogP contribution in [0.4, 0.5) is 5.13 Å². The number of thiazole rings is 1. The molecule has 12 heteroatoms. The molecule has 2 amide bonds. The highest BCUT2D eigenvalue weighted by atomic mass is 32.2. The Bertz CT molecular complexity index is 865. The Balaban J connectivity index is 1.78. The maximum atomic E-state index is 12.7. The Kier molecular flexibility index (Phi) is 5.77. The van der Waals surface area contributed by atoms with Crippen LogP contribution in [0.1, 0.15) is 19.5 Å². The van der Waals surface area contributed by atoms with E-state index in [0.29, 0.717) is 5.75 Å². The Morgan fingerprint density at radius 3 is 2.89 bits per heavy atom. The molecule has 3 rings (SSSR count). The molecular weight excluding hydrogens is 410 g/mol. The third kappa shape index (κ3) is 3.69. The fraction of sp³-hybridized carbons (Fsp3) is 0.400. The summed E-state index contributed by atoms with van der Waals surface area (Å²) in [5.41, 5.74) is 6.90. The van der Waals surface area contributed by atoms with E-state index in [-0.39, 0.29) is 40.1 Å². The number of hydrogen-bond acceptors (Lipinski definition) is 9. The summed E-state index contributed by atoms with van der Waals surface area (Å²) < 4.78 is 0. The number of nitrogens with two attached hydrogens (primary N) is 1. The van der Waals surface area contributed by atoms with E-state index in [1.165, 1.54) is 16.7 Å². The van der Waals surface area contributed by atoms with Gasteiger partial charge < -0.3 is 15.9 Å². The van der Waals surface area contributed by atoms with Crippen molar-refractivity contribution in [1.82, 2.24) is 15.2 Å². The zero-order valence-electron chi connectivity index (χ0n) is 14.5. The maximum absolute atomic E-state index is 12.7. The molecule has 1 unspecified atom stereocenters. The van der Waals surface area contributed by atoms with Crippen LogP contribution in [0.15, 0.2) is 21.8 Å². The molecule has 1 aromatic heterocycles. The van der Waals surface area contributed by atoms with Crippen molar-refractivity contribution in [3.8, 4) is 0 Å². The van der Waals surface area contributed by atoms with Crippen LogP contribution in [-0.4, -0.2) is 56.3 Å². The van der Waals surface area contributed by atoms with Crippen molar-refractivity contribution in [3.05, 3.63) is 22.3 Å². The number of nitrogens with zero attached hydrogens (tertiary/aromatic N) is 3. The van der Waals surface area contributed by atoms with E-state index in [9.17, 15) is 14.4 Å². The Hall–Kier alpha value is -2.05. The molecule has 0 saturated carbocycles. The number of hydrogen-bond donors (Lipinski definition) is 3. The van der Waals surface area contributed by atoms with Gasteiger partial charge in [0.25, 0.3) is 11.8 Å². The van der Waals surface area contributed by atoms with E-state index >= 15 is 0 Å². The number of nitrogen functional groups attached to an aromatic ring is 1. The smallest absolute Gasteiger partial charge is 0.276 e. The predicted octanol–water partition coefficient (Wildman–Crippen LogP) is 0.596. The first-order valence-electron chi connectivity index (χ1n) is 7.95. The van der Waals surface area contributed by atoms with Gasteiger partial charge in [-0.3, -0.25) is 19.3 Å². The lowest BCUT2D eigenvalue weighted by Crippen LogP contribution is -2.70. The van der Waals surface area contributed by atoms with Crippen LogP contribution < -0.4 is 11.1 Å². The highest BCUT2D eigenvalue weighted by Crippen LogP contribution is 2.40. The molecule has 0 radical (unpaired) electrons. The number of anilines is 1. The standard InChI is InChI=1S/C15H17N5O4S3/c1-3-24-19-8(7-5-27-15(16)17-7)11(21)18-9-12(22)20-10(14(23)25)6(2)4-26-13(9)20/h5,9,13H,3-4H2,1-2H3,(H2,16,17)(H,18,21)(H,23,25)/t9?,13-/m1/s1. The monoisotopic (exact) mass is 427 g/mol. The second-order valence-corrected chi connectivity index (χ2v) is 8.12. The molecule has 0 aliphatic carbocycles. The normalized spacial score (nSPS) is 22.3. The summed E-state index contributed by atoms with van der Waals surface area (Å²) in [6.07, 6.45) is 0. The zero-order valence-corrected chi connectivity index (χ0v) is 17.0. The van der Waals surface area contributed by atoms with Crippen LogP contribution in [0.25, 0.3) is 0 Å². The third-order valence-electron chi connectivity index (χ3n) is 3.91. The van der Waals surface area contributed by atoms with Gasteiger partial charge in [0.2, 0.25) is 5.12 Å². The molecule has 3 N–H and O–H groups in total. The van der Waals surface area contributed by atoms with Crippen LogP contribution in [0.3, 0.4) is 0 Å². The van der Waals surface area contributed by atoms with Crippen LogP contribution in [0.5, 0.6) is 0 Å². The van der Waals surface area contributed by atoms with Gasteiger partial charge in [-0.25, -0.2) is 4.98 Å². The second kappa shape index (κ2) is 7.90. The quantitative estimate of drug-likeness (QED) is 0.262. The van der Waals surface area contributed by atoms with Gasteiger partial charge in [-0.05, 0) is 19.4 Å². The van der Waals surface area contributed by atoms with Gasteiger partial charge in [-0.2, -0.15) is 0 Å². The summed E-state index contributed by atoms with van der Waals surface area (Å²) in [5.74, 6) is -0.395. The zero-order chi connectivity index (χ0) is 19.7. The van der Waals surface area contributed by atoms with Crippen molar-refractivity contribution in [2.45, 2.75) is 25.3 Å². The SMILES string of the molecule is CCON=C(C(=O)NC1C(=O)N2C(C(=O)S)=C(C)CS[C@H]12)c1csc(N)n1. The topological polar surface area (TPSA) is 127 Å². The molecule has 3 heterocycles. The highest BCUT2D eigenvalue weighted by molar-refractivity contribution is 8.00. The van der Waals surface area contributed by atoms with Crippen molar-refractivity contribution in [2.24, 2.45) is 5.16 Å². The molecule has 0 bridgehead atoms. The molecule has 0 spiro atoms. The number of thioether (sulfide) groups is 1. The molecule has 1 aromatic rings. The number of carbonyl (C=O) groups excluding carboxylic acids is 3. The molecule has 2 aliphatic heterocycles. The van der Waals surface area contributed by atoms with Gasteiger partial charge in [0.15, 0.2) is 10.8 Å². The van der Waals surface area contributed by atoms with Crippen molar-refractivity contribution >= 4 is 63.5 Å². The van der Waals surface area contributed by atoms with E-state index < -0.39 is 17.1 Å². The van der Waals surface area contributed by atoms with Gasteiger partial charge in [0.05, 0.1) is 5.70 Å². The van der Waals surface area contributed by atoms with Crippen LogP contribution in [0, 0.1) is 0 Å². The first-order chi connectivity index (χ1) is 12.8. The van der Waals surface area contributed by atoms with Crippen molar-refractivity contribution in [2.75, 3.05) is 18.1 Å². The lowest BCUT2D eigenvalue weighted by atomic mass is 10.0. The van der Waals surface area contributed by atoms with Gasteiger partial charge in [-0.1, -0.05) is 17.8 Å². The molecule has 27 heavy (non-hydrogen) atoms. The Morgan fingerprint density at radius 1 is 1.56 bits per heavy atom. The molecule has 144 valence electrons. The first kappa shape index (κ1) is 19.7. The number of nitrogens with one attached hydrogen (secondary N) is 1. The molecule has 9 nitrogen and oxygen atoms in total. The fourth-order valence-electron chi connectivity index (χ4n) is 2.71. The van der Waals surface area contributed by atoms with Gasteiger partial charge in [0.1, 0.15) is 23.7 Å². The molecule has 0 aromatic carbocycles. The van der Waals surface area contributed by atoms with Gasteiger partial charge >= 0.3 is 0 Å². The summed E-state index contributed by atoms with van der Waals surface area (Å²) in [7, 11) is 0. The molecule has 2 atom stereocenters. The first-order valence-corrected chi connectivity index (χ1v) is 10.3. The number of oxime groups is 1. The minimum Gasteiger partial charge on any atom is -0.395 e. The maximum Gasteiger partial charge on any atom is 0.276 e. The van der Waals surface area contributed by atoms with E-state index in [4.69, 9.17) is 10.6 Å². The number of amides is 2. The van der Waals surface area contributed by atoms with Crippen LogP contribution in [-0.2, 0) is 19.2 Å². The molecule has 1 fully saturated rings. The number of aromatic nitrogens is 1. The summed E-state index contributed by atoms with van der Waals surface area (Å²) >= 11 is 6.48. The van der Waals surface area contributed by atoms with Crippen LogP contribution in [0.2, 0.25) is 0 Å². The van der Waals surface area contributed by atoms with E-state index in [1.807, 2.05) is 0 Å². The Labute approximate surface area is 168 Å². The number of thiol groups is 1. The Morgan fingerprint density at radius 2 is 2.30 bits per heavy atom. The summed E-state index contributed by atoms with van der Waals surface area (Å²) in [6, 6.07) is -0.777. The van der Waals surface area contributed by atoms with Crippen molar-refractivity contribution < 1.29 is 19.2 Å². The number of β-lactam (4-membered cyclic amide) rings is 1. The van der Waals surface area contributed by atoms with E-state index in [1.54, 1.807) is 19.2 Å². The van der Waals surface area contributed by atoms with Crippen LogP contribution >= 0.6 is 35.7 Å². The number of rotatable bonds is 6. The number of fused-ring (bicyclic) bond motifs is 1. The highest BCUT2D eigenvalue weighted by Gasteiger charge is 2.53. The lowest BCUT2D eigenvalue weighted by Gasteiger charge is -2.49. The van der Waals surface area contributed by atoms with Gasteiger partial charge in [-0.15, -0.1) is 23.1 Å². The average Bonchev–Trinajstić information content (AvgIpc) is 3.05. The van der Waals surface area contributed by atoms with E-state index in [2.05, 4.69) is 28.1 Å². The molecule has 2 aliphatic rings. The van der Waals surface area contributed by atoms with E-state index in [0.717, 1.165) is 16.9 Å². The third-order valence-corrected chi connectivity index (χ3v) is 6.22. The molecular formula is C15H17N5O4S3.